The molecule has 1 aromatic carbocycles. The van der Waals surface area contributed by atoms with Crippen molar-refractivity contribution in [3.05, 3.63) is 52.9 Å². The largest absolute Gasteiger partial charge is 0.465 e. The number of aryl methyl sites for hydroxylation is 1. The number of aliphatic hydroxyl groups excluding tert-OH is 1. The van der Waals surface area contributed by atoms with Gasteiger partial charge in [0.1, 0.15) is 12.0 Å². The predicted molar refractivity (Wildman–Crippen MR) is 153 cm³/mol. The molecular formula is C29H35N5O7S. The van der Waals surface area contributed by atoms with E-state index in [0.717, 1.165) is 26.6 Å². The Hall–Kier alpha value is -3.97. The van der Waals surface area contributed by atoms with E-state index in [1.165, 1.54) is 11.0 Å². The van der Waals surface area contributed by atoms with E-state index >= 15 is 0 Å². The first kappa shape index (κ1) is 29.5. The van der Waals surface area contributed by atoms with Gasteiger partial charge in [0.2, 0.25) is 11.8 Å². The van der Waals surface area contributed by atoms with Gasteiger partial charge in [0, 0.05) is 32.0 Å². The van der Waals surface area contributed by atoms with Crippen molar-refractivity contribution in [2.75, 3.05) is 13.1 Å². The number of carbonyl (C=O) groups excluding carboxylic acids is 2. The van der Waals surface area contributed by atoms with E-state index in [4.69, 9.17) is 9.26 Å². The first-order chi connectivity index (χ1) is 20.0. The Balaban J connectivity index is 1.26. The van der Waals surface area contributed by atoms with Gasteiger partial charge >= 0.3 is 6.09 Å². The second-order valence-corrected chi connectivity index (χ2v) is 12.0. The zero-order valence-electron chi connectivity index (χ0n) is 23.9. The van der Waals surface area contributed by atoms with Crippen LogP contribution in [0.25, 0.3) is 10.4 Å². The highest BCUT2D eigenvalue weighted by atomic mass is 32.1. The number of rotatable bonds is 9. The summed E-state index contributed by atoms with van der Waals surface area (Å²) in [6, 6.07) is 8.24. The van der Waals surface area contributed by atoms with Crippen molar-refractivity contribution >= 4 is 29.2 Å². The van der Waals surface area contributed by atoms with E-state index in [2.05, 4.69) is 15.5 Å². The topological polar surface area (TPSA) is 158 Å². The van der Waals surface area contributed by atoms with Gasteiger partial charge in [-0.2, -0.15) is 0 Å². The van der Waals surface area contributed by atoms with Crippen LogP contribution in [0.3, 0.4) is 0 Å². The third-order valence-electron chi connectivity index (χ3n) is 7.85. The lowest BCUT2D eigenvalue weighted by Gasteiger charge is -2.37. The lowest BCUT2D eigenvalue weighted by Crippen LogP contribution is -2.53. The van der Waals surface area contributed by atoms with E-state index < -0.39 is 30.4 Å². The van der Waals surface area contributed by atoms with Crippen LogP contribution in [0.1, 0.15) is 62.6 Å². The quantitative estimate of drug-likeness (QED) is 0.334. The Morgan fingerprint density at radius 3 is 2.50 bits per heavy atom. The summed E-state index contributed by atoms with van der Waals surface area (Å²) < 4.78 is 11.1. The van der Waals surface area contributed by atoms with Crippen molar-refractivity contribution in [3.8, 4) is 16.3 Å². The lowest BCUT2D eigenvalue weighted by molar-refractivity contribution is -0.141. The first-order valence-electron chi connectivity index (χ1n) is 14.0. The fraction of sp³-hybridized carbons (Fsp3) is 0.483. The maximum Gasteiger partial charge on any atom is 0.410 e. The second-order valence-electron chi connectivity index (χ2n) is 11.1. The van der Waals surface area contributed by atoms with Crippen molar-refractivity contribution in [1.82, 2.24) is 25.3 Å². The number of thiazole rings is 1. The average Bonchev–Trinajstić information content (AvgIpc) is 3.66. The normalized spacial score (nSPS) is 21.6. The van der Waals surface area contributed by atoms with E-state index in [9.17, 15) is 24.6 Å². The number of hydrogen-bond acceptors (Lipinski definition) is 9. The zero-order chi connectivity index (χ0) is 30.1. The van der Waals surface area contributed by atoms with Crippen molar-refractivity contribution in [1.29, 1.82) is 0 Å². The number of carboxylic acid groups (broad SMARTS) is 1. The van der Waals surface area contributed by atoms with Crippen LogP contribution in [0.15, 0.2) is 40.4 Å². The summed E-state index contributed by atoms with van der Waals surface area (Å²) >= 11 is 1.58. The SMILES string of the molecule is Cc1ncsc1-c1ccc([C@H](C)NC(=O)[C@@H]2C[C@@H](O)CN2C(=O)C(c2cc(OC3CCN3C(=O)O)no2)C(C)C)cc1. The van der Waals surface area contributed by atoms with Crippen LogP contribution in [0, 0.1) is 12.8 Å². The minimum Gasteiger partial charge on any atom is -0.465 e. The van der Waals surface area contributed by atoms with E-state index in [-0.39, 0.29) is 48.4 Å². The predicted octanol–water partition coefficient (Wildman–Crippen LogP) is 3.77. The Kier molecular flexibility index (Phi) is 8.50. The molecule has 3 N–H and O–H groups in total. The van der Waals surface area contributed by atoms with Gasteiger partial charge in [0.15, 0.2) is 12.0 Å². The summed E-state index contributed by atoms with van der Waals surface area (Å²) in [6.07, 6.45) is -1.94. The third kappa shape index (κ3) is 5.97. The maximum atomic E-state index is 13.8. The van der Waals surface area contributed by atoms with Gasteiger partial charge in [-0.05, 0) is 36.0 Å². The molecule has 2 saturated heterocycles. The monoisotopic (exact) mass is 597 g/mol. The molecule has 0 spiro atoms. The van der Waals surface area contributed by atoms with Crippen molar-refractivity contribution in [2.45, 2.75) is 70.9 Å². The van der Waals surface area contributed by atoms with Crippen molar-refractivity contribution in [3.63, 3.8) is 0 Å². The summed E-state index contributed by atoms with van der Waals surface area (Å²) in [5.41, 5.74) is 4.75. The molecule has 2 aliphatic rings. The average molecular weight is 598 g/mol. The summed E-state index contributed by atoms with van der Waals surface area (Å²) in [5, 5.41) is 26.6. The summed E-state index contributed by atoms with van der Waals surface area (Å²) in [5.74, 6) is -1.39. The molecule has 3 amide bonds. The van der Waals surface area contributed by atoms with Crippen LogP contribution in [-0.4, -0.2) is 79.5 Å². The van der Waals surface area contributed by atoms with Gasteiger partial charge in [-0.15, -0.1) is 11.3 Å². The van der Waals surface area contributed by atoms with Gasteiger partial charge in [-0.3, -0.25) is 14.5 Å². The fourth-order valence-electron chi connectivity index (χ4n) is 5.43. The van der Waals surface area contributed by atoms with Crippen molar-refractivity contribution < 1.29 is 33.9 Å². The zero-order valence-corrected chi connectivity index (χ0v) is 24.7. The van der Waals surface area contributed by atoms with Crippen LogP contribution < -0.4 is 10.1 Å². The van der Waals surface area contributed by atoms with Gasteiger partial charge in [0.05, 0.1) is 28.2 Å². The number of likely N-dealkylation sites (tertiary alicyclic amines) is 2. The van der Waals surface area contributed by atoms with Crippen molar-refractivity contribution in [2.24, 2.45) is 5.92 Å². The molecule has 2 aromatic heterocycles. The standard InChI is InChI=1S/C29H35N5O7S/c1-15(2)25(22-12-23(32-41-22)40-24-9-10-33(24)29(38)39)28(37)34-13-20(35)11-21(34)27(36)31-16(3)18-5-7-19(8-6-18)26-17(4)30-14-42-26/h5-8,12,14-16,20-21,24-25,35H,9-11,13H2,1-4H3,(H,31,36)(H,38,39)/t16-,20+,21-,24?,25?/m0/s1. The molecular weight excluding hydrogens is 562 g/mol. The molecule has 5 rings (SSSR count). The number of β-amino-alcohol motifs (C(OH)–C–C–N with tert-alkyl or cyclic N) is 1. The molecule has 13 heteroatoms. The highest BCUT2D eigenvalue weighted by Crippen LogP contribution is 2.34. The summed E-state index contributed by atoms with van der Waals surface area (Å²) in [7, 11) is 0. The minimum absolute atomic E-state index is 0.0184. The Morgan fingerprint density at radius 2 is 1.90 bits per heavy atom. The van der Waals surface area contributed by atoms with Gasteiger partial charge in [-0.1, -0.05) is 38.1 Å². The van der Waals surface area contributed by atoms with Crippen LogP contribution in [0.4, 0.5) is 4.79 Å². The van der Waals surface area contributed by atoms with E-state index in [1.54, 1.807) is 11.3 Å². The summed E-state index contributed by atoms with van der Waals surface area (Å²) in [4.78, 5) is 46.5. The van der Waals surface area contributed by atoms with Crippen LogP contribution in [0.2, 0.25) is 0 Å². The molecule has 0 saturated carbocycles. The second kappa shape index (κ2) is 12.1. The number of nitrogens with zero attached hydrogens (tertiary/aromatic N) is 4. The van der Waals surface area contributed by atoms with Gasteiger partial charge in [-0.25, -0.2) is 9.78 Å². The minimum atomic E-state index is -1.08. The first-order valence-corrected chi connectivity index (χ1v) is 14.8. The number of aromatic nitrogens is 2. The number of amides is 3. The fourth-order valence-corrected chi connectivity index (χ4v) is 6.25. The van der Waals surface area contributed by atoms with Crippen LogP contribution in [-0.2, 0) is 9.59 Å². The molecule has 224 valence electrons. The van der Waals surface area contributed by atoms with Gasteiger partial charge < -0.3 is 29.7 Å². The Bertz CT molecular complexity index is 1440. The maximum absolute atomic E-state index is 13.8. The Morgan fingerprint density at radius 1 is 1.17 bits per heavy atom. The third-order valence-corrected chi connectivity index (χ3v) is 8.83. The number of carbonyl (C=O) groups is 3. The molecule has 12 nitrogen and oxygen atoms in total. The highest BCUT2D eigenvalue weighted by Gasteiger charge is 2.44. The van der Waals surface area contributed by atoms with E-state index in [0.29, 0.717) is 13.0 Å². The number of hydrogen-bond donors (Lipinski definition) is 3. The molecule has 0 bridgehead atoms. The van der Waals surface area contributed by atoms with Gasteiger partial charge in [0.25, 0.3) is 5.88 Å². The summed E-state index contributed by atoms with van der Waals surface area (Å²) in [6.45, 7) is 7.94. The number of ether oxygens (including phenoxy) is 1. The molecule has 5 atom stereocenters. The van der Waals surface area contributed by atoms with Crippen LogP contribution >= 0.6 is 11.3 Å². The molecule has 42 heavy (non-hydrogen) atoms. The lowest BCUT2D eigenvalue weighted by atomic mass is 9.91. The molecule has 0 aliphatic carbocycles. The number of aliphatic hydroxyl groups is 1. The molecule has 4 heterocycles. The number of nitrogens with one attached hydrogen (secondary N) is 1. The van der Waals surface area contributed by atoms with Crippen LogP contribution in [0.5, 0.6) is 5.88 Å². The molecule has 2 fully saturated rings. The molecule has 3 aromatic rings. The highest BCUT2D eigenvalue weighted by molar-refractivity contribution is 7.13. The Labute approximate surface area is 247 Å². The molecule has 2 aliphatic heterocycles. The van der Waals surface area contributed by atoms with E-state index in [1.807, 2.05) is 57.5 Å². The molecule has 2 unspecified atom stereocenters. The number of benzene rings is 1. The smallest absolute Gasteiger partial charge is 0.410 e. The molecule has 0 radical (unpaired) electrons.